The summed E-state index contributed by atoms with van der Waals surface area (Å²) in [5, 5.41) is 5.08. The molecule has 6 nitrogen and oxygen atoms in total. The van der Waals surface area contributed by atoms with Crippen LogP contribution in [-0.4, -0.2) is 32.6 Å². The lowest BCUT2D eigenvalue weighted by Crippen LogP contribution is -2.29. The predicted molar refractivity (Wildman–Crippen MR) is 98.6 cm³/mol. The van der Waals surface area contributed by atoms with Crippen molar-refractivity contribution in [2.45, 2.75) is 12.8 Å². The van der Waals surface area contributed by atoms with Crippen molar-refractivity contribution < 1.29 is 14.0 Å². The number of thioether (sulfide) groups is 1. The first-order valence-corrected chi connectivity index (χ1v) is 9.22. The van der Waals surface area contributed by atoms with Gasteiger partial charge >= 0.3 is 0 Å². The number of nitrogens with zero attached hydrogens (tertiary/aromatic N) is 2. The summed E-state index contributed by atoms with van der Waals surface area (Å²) in [5.74, 6) is 0.335. The molecule has 1 aliphatic heterocycles. The van der Waals surface area contributed by atoms with Crippen LogP contribution in [0.25, 0.3) is 6.08 Å². The van der Waals surface area contributed by atoms with Crippen LogP contribution in [0.3, 0.4) is 0 Å². The Labute approximate surface area is 151 Å². The SMILES string of the molecule is O=C(CCCN1C(=O)/C(=C\c2ccco2)SC1=S)Nc1nccs1. The van der Waals surface area contributed by atoms with Gasteiger partial charge < -0.3 is 9.73 Å². The van der Waals surface area contributed by atoms with Gasteiger partial charge in [-0.1, -0.05) is 24.0 Å². The zero-order valence-electron chi connectivity index (χ0n) is 12.4. The third-order valence-electron chi connectivity index (χ3n) is 3.15. The molecule has 1 N–H and O–H groups in total. The summed E-state index contributed by atoms with van der Waals surface area (Å²) in [6.45, 7) is 0.408. The highest BCUT2D eigenvalue weighted by Crippen LogP contribution is 2.32. The molecule has 2 aromatic rings. The van der Waals surface area contributed by atoms with E-state index in [1.54, 1.807) is 36.0 Å². The molecule has 3 heterocycles. The summed E-state index contributed by atoms with van der Waals surface area (Å²) < 4.78 is 5.71. The van der Waals surface area contributed by atoms with Crippen molar-refractivity contribution in [2.75, 3.05) is 11.9 Å². The van der Waals surface area contributed by atoms with Gasteiger partial charge in [0.25, 0.3) is 5.91 Å². The number of nitrogens with one attached hydrogen (secondary N) is 1. The van der Waals surface area contributed by atoms with Crippen LogP contribution in [0.1, 0.15) is 18.6 Å². The van der Waals surface area contributed by atoms with Crippen LogP contribution < -0.4 is 5.32 Å². The summed E-state index contributed by atoms with van der Waals surface area (Å²) in [6.07, 6.45) is 5.68. The van der Waals surface area contributed by atoms with E-state index in [0.717, 1.165) is 0 Å². The van der Waals surface area contributed by atoms with Gasteiger partial charge in [-0.15, -0.1) is 11.3 Å². The molecule has 124 valence electrons. The minimum absolute atomic E-state index is 0.124. The molecule has 0 atom stereocenters. The van der Waals surface area contributed by atoms with Crippen LogP contribution in [-0.2, 0) is 9.59 Å². The summed E-state index contributed by atoms with van der Waals surface area (Å²) in [5.41, 5.74) is 0. The molecule has 3 rings (SSSR count). The van der Waals surface area contributed by atoms with E-state index < -0.39 is 0 Å². The number of hydrogen-bond acceptors (Lipinski definition) is 7. The molecule has 0 spiro atoms. The smallest absolute Gasteiger partial charge is 0.266 e. The van der Waals surface area contributed by atoms with Gasteiger partial charge in [0.15, 0.2) is 5.13 Å². The molecule has 0 aromatic carbocycles. The van der Waals surface area contributed by atoms with Crippen molar-refractivity contribution in [3.05, 3.63) is 40.6 Å². The third-order valence-corrected chi connectivity index (χ3v) is 5.22. The van der Waals surface area contributed by atoms with Gasteiger partial charge in [0.05, 0.1) is 11.2 Å². The fraction of sp³-hybridized carbons (Fsp3) is 0.200. The topological polar surface area (TPSA) is 75.4 Å². The fourth-order valence-corrected chi connectivity index (χ4v) is 3.89. The summed E-state index contributed by atoms with van der Waals surface area (Å²) in [6, 6.07) is 3.53. The number of anilines is 1. The number of aromatic nitrogens is 1. The summed E-state index contributed by atoms with van der Waals surface area (Å²) >= 11 is 7.86. The van der Waals surface area contributed by atoms with Crippen molar-refractivity contribution in [1.82, 2.24) is 9.88 Å². The van der Waals surface area contributed by atoms with E-state index in [1.165, 1.54) is 28.0 Å². The minimum Gasteiger partial charge on any atom is -0.465 e. The van der Waals surface area contributed by atoms with E-state index in [4.69, 9.17) is 16.6 Å². The first-order valence-electron chi connectivity index (χ1n) is 7.12. The van der Waals surface area contributed by atoms with Crippen molar-refractivity contribution in [3.8, 4) is 0 Å². The Bertz CT molecular complexity index is 769. The summed E-state index contributed by atoms with van der Waals surface area (Å²) in [7, 11) is 0. The van der Waals surface area contributed by atoms with Gasteiger partial charge in [-0.3, -0.25) is 14.5 Å². The molecule has 0 unspecified atom stereocenters. The van der Waals surface area contributed by atoms with E-state index in [-0.39, 0.29) is 11.8 Å². The number of thiazole rings is 1. The van der Waals surface area contributed by atoms with E-state index in [1.807, 2.05) is 0 Å². The molecular formula is C15H13N3O3S3. The maximum Gasteiger partial charge on any atom is 0.266 e. The molecule has 0 saturated carbocycles. The maximum absolute atomic E-state index is 12.4. The highest BCUT2D eigenvalue weighted by atomic mass is 32.2. The van der Waals surface area contributed by atoms with Crippen molar-refractivity contribution >= 4 is 62.7 Å². The van der Waals surface area contributed by atoms with Crippen LogP contribution in [0.15, 0.2) is 39.3 Å². The second kappa shape index (κ2) is 7.73. The minimum atomic E-state index is -0.151. The first kappa shape index (κ1) is 16.9. The molecule has 1 aliphatic rings. The molecule has 2 amide bonds. The van der Waals surface area contributed by atoms with Gasteiger partial charge in [0.2, 0.25) is 5.91 Å². The zero-order chi connectivity index (χ0) is 16.9. The highest BCUT2D eigenvalue weighted by molar-refractivity contribution is 8.26. The van der Waals surface area contributed by atoms with E-state index in [0.29, 0.717) is 39.5 Å². The Hall–Kier alpha value is -1.97. The maximum atomic E-state index is 12.4. The van der Waals surface area contributed by atoms with Crippen molar-refractivity contribution in [1.29, 1.82) is 0 Å². The van der Waals surface area contributed by atoms with Crippen LogP contribution in [0, 0.1) is 0 Å². The van der Waals surface area contributed by atoms with Crippen molar-refractivity contribution in [3.63, 3.8) is 0 Å². The largest absolute Gasteiger partial charge is 0.465 e. The number of furan rings is 1. The molecule has 1 saturated heterocycles. The standard InChI is InChI=1S/C15H13N3O3S3/c19-12(17-14-16-5-8-23-14)4-1-6-18-13(20)11(24-15(18)22)9-10-3-2-7-21-10/h2-3,5,7-9H,1,4,6H2,(H,16,17,19)/b11-9+. The third kappa shape index (κ3) is 4.11. The van der Waals surface area contributed by atoms with Crippen LogP contribution in [0.5, 0.6) is 0 Å². The first-order chi connectivity index (χ1) is 11.6. The second-order valence-electron chi connectivity index (χ2n) is 4.84. The zero-order valence-corrected chi connectivity index (χ0v) is 14.9. The average Bonchev–Trinajstić information content (AvgIpc) is 3.27. The van der Waals surface area contributed by atoms with E-state index in [9.17, 15) is 9.59 Å². The van der Waals surface area contributed by atoms with Crippen LogP contribution >= 0.6 is 35.3 Å². The number of rotatable bonds is 6. The lowest BCUT2D eigenvalue weighted by molar-refractivity contribution is -0.122. The highest BCUT2D eigenvalue weighted by Gasteiger charge is 2.31. The van der Waals surface area contributed by atoms with Crippen molar-refractivity contribution in [2.24, 2.45) is 0 Å². The Morgan fingerprint density at radius 2 is 2.38 bits per heavy atom. The number of thiocarbonyl (C=S) groups is 1. The molecule has 1 fully saturated rings. The number of hydrogen-bond donors (Lipinski definition) is 1. The van der Waals surface area contributed by atoms with E-state index in [2.05, 4.69) is 10.3 Å². The van der Waals surface area contributed by atoms with Gasteiger partial charge in [0.1, 0.15) is 10.1 Å². The van der Waals surface area contributed by atoms with Gasteiger partial charge in [-0.2, -0.15) is 0 Å². The second-order valence-corrected chi connectivity index (χ2v) is 7.41. The van der Waals surface area contributed by atoms with Gasteiger partial charge in [-0.05, 0) is 18.6 Å². The molecular weight excluding hydrogens is 366 g/mol. The molecule has 24 heavy (non-hydrogen) atoms. The lowest BCUT2D eigenvalue weighted by Gasteiger charge is -2.13. The Balaban J connectivity index is 1.51. The molecule has 0 bridgehead atoms. The monoisotopic (exact) mass is 379 g/mol. The Morgan fingerprint density at radius 3 is 3.08 bits per heavy atom. The fourth-order valence-electron chi connectivity index (χ4n) is 2.06. The van der Waals surface area contributed by atoms with E-state index >= 15 is 0 Å². The Morgan fingerprint density at radius 1 is 1.50 bits per heavy atom. The molecule has 2 aromatic heterocycles. The molecule has 0 radical (unpaired) electrons. The molecule has 9 heteroatoms. The average molecular weight is 379 g/mol. The predicted octanol–water partition coefficient (Wildman–Crippen LogP) is 3.36. The van der Waals surface area contributed by atoms with Crippen LogP contribution in [0.2, 0.25) is 0 Å². The Kier molecular flexibility index (Phi) is 5.44. The van der Waals surface area contributed by atoms with Gasteiger partial charge in [-0.25, -0.2) is 4.98 Å². The number of amides is 2. The van der Waals surface area contributed by atoms with Gasteiger partial charge in [0, 0.05) is 30.6 Å². The molecule has 0 aliphatic carbocycles. The number of carbonyl (C=O) groups is 2. The lowest BCUT2D eigenvalue weighted by atomic mass is 10.2. The van der Waals surface area contributed by atoms with Crippen LogP contribution in [0.4, 0.5) is 5.13 Å². The summed E-state index contributed by atoms with van der Waals surface area (Å²) in [4.78, 5) is 30.2. The number of carbonyl (C=O) groups excluding carboxylic acids is 2. The normalized spacial score (nSPS) is 16.2. The quantitative estimate of drug-likeness (QED) is 0.613.